The molecule has 2 rings (SSSR count). The second-order valence-corrected chi connectivity index (χ2v) is 7.45. The van der Waals surface area contributed by atoms with Crippen molar-refractivity contribution in [2.45, 2.75) is 83.0 Å². The van der Waals surface area contributed by atoms with Crippen LogP contribution in [0.3, 0.4) is 0 Å². The van der Waals surface area contributed by atoms with E-state index in [-0.39, 0.29) is 30.7 Å². The molecule has 27 heavy (non-hydrogen) atoms. The maximum Gasteiger partial charge on any atom is 0.508 e. The van der Waals surface area contributed by atoms with Crippen LogP contribution in [-0.4, -0.2) is 47.4 Å². The summed E-state index contributed by atoms with van der Waals surface area (Å²) in [6, 6.07) is 0. The minimum Gasteiger partial charge on any atom is -0.450 e. The molecule has 1 saturated carbocycles. The van der Waals surface area contributed by atoms with Crippen LogP contribution < -0.4 is 0 Å². The molecule has 0 amide bonds. The molecule has 2 aliphatic rings. The number of rotatable bonds is 12. The highest BCUT2D eigenvalue weighted by atomic mass is 16.7. The molecule has 154 valence electrons. The molecular formula is C20H32O7. The van der Waals surface area contributed by atoms with Crippen LogP contribution in [0.15, 0.2) is 12.2 Å². The van der Waals surface area contributed by atoms with Crippen LogP contribution in [0.4, 0.5) is 9.59 Å². The van der Waals surface area contributed by atoms with E-state index in [4.69, 9.17) is 14.6 Å². The molecule has 0 radical (unpaired) electrons. The van der Waals surface area contributed by atoms with Gasteiger partial charge >= 0.3 is 12.3 Å². The molecule has 5 unspecified atom stereocenters. The van der Waals surface area contributed by atoms with E-state index in [1.165, 1.54) is 0 Å². The first kappa shape index (κ1) is 21.5. The highest BCUT2D eigenvalue weighted by molar-refractivity contribution is 5.62. The lowest BCUT2D eigenvalue weighted by Gasteiger charge is -2.21. The van der Waals surface area contributed by atoms with Crippen LogP contribution in [0.25, 0.3) is 0 Å². The zero-order valence-electron chi connectivity index (χ0n) is 16.0. The van der Waals surface area contributed by atoms with Crippen molar-refractivity contribution in [2.75, 3.05) is 6.61 Å². The predicted molar refractivity (Wildman–Crippen MR) is 98.5 cm³/mol. The van der Waals surface area contributed by atoms with E-state index in [0.29, 0.717) is 12.8 Å². The van der Waals surface area contributed by atoms with Gasteiger partial charge in [0, 0.05) is 18.3 Å². The van der Waals surface area contributed by atoms with Crippen molar-refractivity contribution in [3.63, 3.8) is 0 Å². The molecular weight excluding hydrogens is 352 g/mol. The number of carboxylic acid groups (broad SMARTS) is 1. The molecule has 2 fully saturated rings. The summed E-state index contributed by atoms with van der Waals surface area (Å²) in [5, 5.41) is 18.6. The fourth-order valence-corrected chi connectivity index (χ4v) is 4.04. The Morgan fingerprint density at radius 1 is 1.22 bits per heavy atom. The first-order valence-electron chi connectivity index (χ1n) is 10.1. The average molecular weight is 384 g/mol. The van der Waals surface area contributed by atoms with Crippen LogP contribution in [-0.2, 0) is 14.2 Å². The van der Waals surface area contributed by atoms with Crippen LogP contribution in [0.1, 0.15) is 64.7 Å². The number of hydrogen-bond acceptors (Lipinski definition) is 6. The number of aliphatic hydroxyl groups is 1. The molecule has 2 bridgehead atoms. The molecule has 0 aromatic rings. The van der Waals surface area contributed by atoms with Crippen LogP contribution in [0, 0.1) is 11.8 Å². The molecule has 1 aliphatic carbocycles. The summed E-state index contributed by atoms with van der Waals surface area (Å²) < 4.78 is 15.2. The van der Waals surface area contributed by atoms with Gasteiger partial charge in [-0.15, -0.1) is 0 Å². The summed E-state index contributed by atoms with van der Waals surface area (Å²) in [5.74, 6) is 0.221. The molecule has 2 N–H and O–H groups in total. The largest absolute Gasteiger partial charge is 0.508 e. The summed E-state index contributed by atoms with van der Waals surface area (Å²) in [7, 11) is 0. The summed E-state index contributed by atoms with van der Waals surface area (Å²) >= 11 is 0. The normalized spacial score (nSPS) is 28.0. The lowest BCUT2D eigenvalue weighted by Crippen LogP contribution is -2.28. The molecule has 7 nitrogen and oxygen atoms in total. The van der Waals surface area contributed by atoms with Crippen LogP contribution in [0.5, 0.6) is 0 Å². The molecule has 7 heteroatoms. The molecule has 5 atom stereocenters. The molecule has 0 aromatic heterocycles. The molecule has 0 spiro atoms. The van der Waals surface area contributed by atoms with Gasteiger partial charge < -0.3 is 24.4 Å². The second kappa shape index (κ2) is 11.2. The molecule has 1 heterocycles. The van der Waals surface area contributed by atoms with Gasteiger partial charge in [0.2, 0.25) is 0 Å². The van der Waals surface area contributed by atoms with Gasteiger partial charge in [0.1, 0.15) is 12.2 Å². The van der Waals surface area contributed by atoms with Crippen molar-refractivity contribution in [1.82, 2.24) is 0 Å². The van der Waals surface area contributed by atoms with Gasteiger partial charge in [0.05, 0.1) is 12.7 Å². The van der Waals surface area contributed by atoms with E-state index in [1.54, 1.807) is 0 Å². The zero-order valence-corrected chi connectivity index (χ0v) is 16.0. The molecule has 0 aromatic carbocycles. The Hall–Kier alpha value is -1.76. The number of aliphatic hydroxyl groups excluding tert-OH is 1. The van der Waals surface area contributed by atoms with E-state index >= 15 is 0 Å². The molecule has 1 aliphatic heterocycles. The number of carbonyl (C=O) groups is 2. The average Bonchev–Trinajstić information content (AvgIpc) is 2.86. The zero-order chi connectivity index (χ0) is 19.6. The van der Waals surface area contributed by atoms with Crippen molar-refractivity contribution in [2.24, 2.45) is 11.8 Å². The van der Waals surface area contributed by atoms with Crippen molar-refractivity contribution in [3.05, 3.63) is 12.2 Å². The van der Waals surface area contributed by atoms with E-state index in [9.17, 15) is 14.7 Å². The fraction of sp³-hybridized carbons (Fsp3) is 0.800. The van der Waals surface area contributed by atoms with Gasteiger partial charge in [-0.2, -0.15) is 0 Å². The van der Waals surface area contributed by atoms with Crippen LogP contribution in [0.2, 0.25) is 0 Å². The maximum absolute atomic E-state index is 11.6. The monoisotopic (exact) mass is 384 g/mol. The summed E-state index contributed by atoms with van der Waals surface area (Å²) in [6.45, 7) is 2.34. The first-order chi connectivity index (χ1) is 13.0. The Balaban J connectivity index is 1.84. The lowest BCUT2D eigenvalue weighted by atomic mass is 9.88. The Labute approximate surface area is 160 Å². The highest BCUT2D eigenvalue weighted by Crippen LogP contribution is 2.43. The third-order valence-electron chi connectivity index (χ3n) is 5.43. The Bertz CT molecular complexity index is 505. The third-order valence-corrected chi connectivity index (χ3v) is 5.43. The van der Waals surface area contributed by atoms with Gasteiger partial charge in [0.15, 0.2) is 0 Å². The number of fused-ring (bicyclic) bond motifs is 2. The van der Waals surface area contributed by atoms with E-state index in [2.05, 4.69) is 11.7 Å². The van der Waals surface area contributed by atoms with Gasteiger partial charge in [-0.1, -0.05) is 51.2 Å². The smallest absolute Gasteiger partial charge is 0.450 e. The number of unbranched alkanes of at least 4 members (excludes halogenated alkanes) is 4. The topological polar surface area (TPSA) is 102 Å². The fourth-order valence-electron chi connectivity index (χ4n) is 4.04. The summed E-state index contributed by atoms with van der Waals surface area (Å²) in [4.78, 5) is 22.0. The van der Waals surface area contributed by atoms with Gasteiger partial charge in [-0.25, -0.2) is 9.59 Å². The van der Waals surface area contributed by atoms with Crippen molar-refractivity contribution in [3.8, 4) is 0 Å². The SMILES string of the molecule is CCCCCC(O)/C=C/C1C2CC(OC(=O)O2)C1CCCCCOC(=O)O. The predicted octanol–water partition coefficient (Wildman–Crippen LogP) is 4.28. The van der Waals surface area contributed by atoms with E-state index in [0.717, 1.165) is 44.9 Å². The van der Waals surface area contributed by atoms with E-state index < -0.39 is 18.4 Å². The Morgan fingerprint density at radius 3 is 2.74 bits per heavy atom. The Morgan fingerprint density at radius 2 is 2.00 bits per heavy atom. The minimum absolute atomic E-state index is 0.0533. The lowest BCUT2D eigenvalue weighted by molar-refractivity contribution is -0.0351. The highest BCUT2D eigenvalue weighted by Gasteiger charge is 2.49. The van der Waals surface area contributed by atoms with Gasteiger partial charge in [0.25, 0.3) is 0 Å². The number of carbonyl (C=O) groups excluding carboxylic acids is 1. The Kier molecular flexibility index (Phi) is 8.91. The van der Waals surface area contributed by atoms with Crippen molar-refractivity contribution >= 4 is 12.3 Å². The molecule has 1 saturated heterocycles. The standard InChI is InChI=1S/C20H32O7/c1-2-3-5-8-14(21)10-11-16-15(9-6-4-7-12-25-19(22)23)17-13-18(16)27-20(24)26-17/h10-11,14-18,21H,2-9,12-13H2,1H3,(H,22,23)/b11-10+. The summed E-state index contributed by atoms with van der Waals surface area (Å²) in [6.07, 6.45) is 9.17. The van der Waals surface area contributed by atoms with Crippen molar-refractivity contribution in [1.29, 1.82) is 0 Å². The van der Waals surface area contributed by atoms with Crippen molar-refractivity contribution < 1.29 is 34.0 Å². The van der Waals surface area contributed by atoms with Crippen LogP contribution >= 0.6 is 0 Å². The maximum atomic E-state index is 11.6. The third kappa shape index (κ3) is 7.05. The summed E-state index contributed by atoms with van der Waals surface area (Å²) in [5.41, 5.74) is 0. The van der Waals surface area contributed by atoms with E-state index in [1.807, 2.05) is 12.2 Å². The number of hydrogen-bond donors (Lipinski definition) is 2. The minimum atomic E-state index is -1.24. The number of ether oxygens (including phenoxy) is 3. The quantitative estimate of drug-likeness (QED) is 0.294. The van der Waals surface area contributed by atoms with Gasteiger partial charge in [-0.3, -0.25) is 0 Å². The van der Waals surface area contributed by atoms with Gasteiger partial charge in [-0.05, 0) is 19.3 Å². The first-order valence-corrected chi connectivity index (χ1v) is 10.1. The second-order valence-electron chi connectivity index (χ2n) is 7.45.